The fraction of sp³-hybridized carbons (Fsp3) is 0.375. The Hall–Kier alpha value is -1.81. The third-order valence-electron chi connectivity index (χ3n) is 4.26. The molecule has 1 saturated carbocycles. The molecule has 1 aromatic heterocycles. The van der Waals surface area contributed by atoms with Crippen molar-refractivity contribution in [2.75, 3.05) is 6.54 Å². The van der Waals surface area contributed by atoms with Crippen molar-refractivity contribution in [3.8, 4) is 0 Å². The number of aromatic nitrogens is 1. The molecule has 1 atom stereocenters. The van der Waals surface area contributed by atoms with Gasteiger partial charge in [0.2, 0.25) is 0 Å². The van der Waals surface area contributed by atoms with Gasteiger partial charge in [-0.05, 0) is 37.0 Å². The van der Waals surface area contributed by atoms with Gasteiger partial charge in [0.1, 0.15) is 5.76 Å². The summed E-state index contributed by atoms with van der Waals surface area (Å²) in [7, 11) is 0. The molecule has 4 nitrogen and oxygen atoms in total. The van der Waals surface area contributed by atoms with Crippen molar-refractivity contribution in [2.24, 2.45) is 0 Å². The standard InChI is InChI=1S/C16H15ClN2O2/c17-12-5-3-10(4-6-12)14-7-8-19(14)16(20)13-9-15(21-18-13)11-1-2-11/h3-6,9,11,14H,1-2,7-8H2/t14-/m1/s1. The van der Waals surface area contributed by atoms with Crippen LogP contribution in [0.3, 0.4) is 0 Å². The zero-order chi connectivity index (χ0) is 14.4. The lowest BCUT2D eigenvalue weighted by atomic mass is 9.94. The first-order valence-corrected chi connectivity index (χ1v) is 7.63. The van der Waals surface area contributed by atoms with Crippen LogP contribution in [0.25, 0.3) is 0 Å². The molecular formula is C16H15ClN2O2. The van der Waals surface area contributed by atoms with Crippen molar-refractivity contribution >= 4 is 17.5 Å². The van der Waals surface area contributed by atoms with Gasteiger partial charge in [-0.15, -0.1) is 0 Å². The van der Waals surface area contributed by atoms with E-state index in [0.717, 1.165) is 37.1 Å². The van der Waals surface area contributed by atoms with E-state index in [4.69, 9.17) is 16.1 Å². The first kappa shape index (κ1) is 12.9. The molecule has 2 heterocycles. The highest BCUT2D eigenvalue weighted by Gasteiger charge is 2.36. The molecule has 0 radical (unpaired) electrons. The maximum absolute atomic E-state index is 12.5. The quantitative estimate of drug-likeness (QED) is 0.866. The van der Waals surface area contributed by atoms with Crippen molar-refractivity contribution in [3.05, 3.63) is 52.4 Å². The molecule has 0 spiro atoms. The molecule has 21 heavy (non-hydrogen) atoms. The Morgan fingerprint density at radius 1 is 1.24 bits per heavy atom. The van der Waals surface area contributed by atoms with Crippen molar-refractivity contribution in [3.63, 3.8) is 0 Å². The lowest BCUT2D eigenvalue weighted by molar-refractivity contribution is 0.0450. The van der Waals surface area contributed by atoms with Gasteiger partial charge in [0.05, 0.1) is 6.04 Å². The second kappa shape index (κ2) is 4.88. The summed E-state index contributed by atoms with van der Waals surface area (Å²) in [6.45, 7) is 0.762. The highest BCUT2D eigenvalue weighted by molar-refractivity contribution is 6.30. The van der Waals surface area contributed by atoms with E-state index >= 15 is 0 Å². The average molecular weight is 303 g/mol. The predicted molar refractivity (Wildman–Crippen MR) is 78.3 cm³/mol. The van der Waals surface area contributed by atoms with Gasteiger partial charge < -0.3 is 9.42 Å². The fourth-order valence-corrected chi connectivity index (χ4v) is 2.89. The lowest BCUT2D eigenvalue weighted by Gasteiger charge is -2.40. The van der Waals surface area contributed by atoms with E-state index in [9.17, 15) is 4.79 Å². The molecule has 2 fully saturated rings. The number of hydrogen-bond donors (Lipinski definition) is 0. The molecule has 0 N–H and O–H groups in total. The van der Waals surface area contributed by atoms with E-state index in [1.54, 1.807) is 6.07 Å². The molecule has 2 aliphatic rings. The second-order valence-corrected chi connectivity index (χ2v) is 6.18. The van der Waals surface area contributed by atoms with Crippen LogP contribution in [0, 0.1) is 0 Å². The summed E-state index contributed by atoms with van der Waals surface area (Å²) in [5.41, 5.74) is 1.54. The van der Waals surface area contributed by atoms with E-state index in [1.165, 1.54) is 0 Å². The smallest absolute Gasteiger partial charge is 0.276 e. The van der Waals surface area contributed by atoms with Crippen molar-refractivity contribution in [1.82, 2.24) is 10.1 Å². The van der Waals surface area contributed by atoms with Gasteiger partial charge in [-0.3, -0.25) is 4.79 Å². The summed E-state index contributed by atoms with van der Waals surface area (Å²) in [6.07, 6.45) is 3.25. The number of carbonyl (C=O) groups excluding carboxylic acids is 1. The third-order valence-corrected chi connectivity index (χ3v) is 4.51. The number of halogens is 1. The molecule has 5 heteroatoms. The van der Waals surface area contributed by atoms with Crippen molar-refractivity contribution in [1.29, 1.82) is 0 Å². The highest BCUT2D eigenvalue weighted by atomic mass is 35.5. The summed E-state index contributed by atoms with van der Waals surface area (Å²) in [6, 6.07) is 9.60. The Balaban J connectivity index is 1.52. The highest BCUT2D eigenvalue weighted by Crippen LogP contribution is 2.41. The van der Waals surface area contributed by atoms with E-state index in [-0.39, 0.29) is 11.9 Å². The molecule has 4 rings (SSSR count). The van der Waals surface area contributed by atoms with Crippen LogP contribution in [0.5, 0.6) is 0 Å². The molecule has 0 unspecified atom stereocenters. The first-order chi connectivity index (χ1) is 10.2. The molecule has 1 aliphatic heterocycles. The molecule has 0 bridgehead atoms. The van der Waals surface area contributed by atoms with Gasteiger partial charge in [0, 0.05) is 23.6 Å². The zero-order valence-corrected chi connectivity index (χ0v) is 12.2. The van der Waals surface area contributed by atoms with Crippen LogP contribution in [0.4, 0.5) is 0 Å². The Morgan fingerprint density at radius 2 is 2.00 bits per heavy atom. The van der Waals surface area contributed by atoms with E-state index in [1.807, 2.05) is 29.2 Å². The van der Waals surface area contributed by atoms with Gasteiger partial charge in [-0.25, -0.2) is 0 Å². The summed E-state index contributed by atoms with van der Waals surface area (Å²) >= 11 is 5.91. The summed E-state index contributed by atoms with van der Waals surface area (Å²) in [4.78, 5) is 14.4. The molecule has 1 aromatic carbocycles. The van der Waals surface area contributed by atoms with Gasteiger partial charge in [0.25, 0.3) is 5.91 Å². The van der Waals surface area contributed by atoms with Crippen LogP contribution in [0.2, 0.25) is 5.02 Å². The van der Waals surface area contributed by atoms with Gasteiger partial charge in [-0.2, -0.15) is 0 Å². The minimum Gasteiger partial charge on any atom is -0.360 e. The number of hydrogen-bond acceptors (Lipinski definition) is 3. The number of amides is 1. The largest absolute Gasteiger partial charge is 0.360 e. The summed E-state index contributed by atoms with van der Waals surface area (Å²) < 4.78 is 5.27. The number of rotatable bonds is 3. The zero-order valence-electron chi connectivity index (χ0n) is 11.5. The van der Waals surface area contributed by atoms with Crippen LogP contribution in [0.15, 0.2) is 34.9 Å². The number of benzene rings is 1. The van der Waals surface area contributed by atoms with Crippen LogP contribution in [-0.4, -0.2) is 22.5 Å². The predicted octanol–water partition coefficient (Wildman–Crippen LogP) is 3.79. The number of likely N-dealkylation sites (tertiary alicyclic amines) is 1. The van der Waals surface area contributed by atoms with Gasteiger partial charge in [0.15, 0.2) is 5.69 Å². The molecule has 1 amide bonds. The molecule has 108 valence electrons. The number of carbonyl (C=O) groups is 1. The Labute approximate surface area is 127 Å². The van der Waals surface area contributed by atoms with Crippen molar-refractivity contribution < 1.29 is 9.32 Å². The SMILES string of the molecule is O=C(c1cc(C2CC2)on1)N1CC[C@@H]1c1ccc(Cl)cc1. The van der Waals surface area contributed by atoms with E-state index in [2.05, 4.69) is 5.16 Å². The maximum Gasteiger partial charge on any atom is 0.276 e. The molecule has 2 aromatic rings. The normalized spacial score (nSPS) is 21.2. The number of nitrogens with zero attached hydrogens (tertiary/aromatic N) is 2. The Morgan fingerprint density at radius 3 is 2.62 bits per heavy atom. The van der Waals surface area contributed by atoms with E-state index < -0.39 is 0 Å². The summed E-state index contributed by atoms with van der Waals surface area (Å²) in [5.74, 6) is 1.28. The summed E-state index contributed by atoms with van der Waals surface area (Å²) in [5, 5.41) is 4.64. The Kier molecular flexibility index (Phi) is 3.00. The Bertz CT molecular complexity index is 676. The average Bonchev–Trinajstić information content (AvgIpc) is 3.17. The van der Waals surface area contributed by atoms with Crippen LogP contribution in [-0.2, 0) is 0 Å². The molecular weight excluding hydrogens is 288 g/mol. The van der Waals surface area contributed by atoms with Crippen LogP contribution < -0.4 is 0 Å². The maximum atomic E-state index is 12.5. The van der Waals surface area contributed by atoms with E-state index in [0.29, 0.717) is 16.6 Å². The van der Waals surface area contributed by atoms with Gasteiger partial charge in [-0.1, -0.05) is 28.9 Å². The molecule has 1 saturated heterocycles. The van der Waals surface area contributed by atoms with Crippen LogP contribution in [0.1, 0.15) is 53.0 Å². The second-order valence-electron chi connectivity index (χ2n) is 5.74. The topological polar surface area (TPSA) is 46.3 Å². The monoisotopic (exact) mass is 302 g/mol. The molecule has 1 aliphatic carbocycles. The lowest BCUT2D eigenvalue weighted by Crippen LogP contribution is -2.45. The minimum atomic E-state index is -0.0446. The minimum absolute atomic E-state index is 0.0446. The fourth-order valence-electron chi connectivity index (χ4n) is 2.76. The van der Waals surface area contributed by atoms with Gasteiger partial charge >= 0.3 is 0 Å². The van der Waals surface area contributed by atoms with Crippen molar-refractivity contribution in [2.45, 2.75) is 31.2 Å². The van der Waals surface area contributed by atoms with Crippen LogP contribution >= 0.6 is 11.6 Å². The first-order valence-electron chi connectivity index (χ1n) is 7.25. The third kappa shape index (κ3) is 2.33.